The van der Waals surface area contributed by atoms with Crippen LogP contribution in [0.2, 0.25) is 0 Å². The molecule has 4 rings (SSSR count). The molecule has 3 heterocycles. The van der Waals surface area contributed by atoms with E-state index < -0.39 is 6.09 Å². The number of carbonyl (C=O) groups excluding carboxylic acids is 2. The summed E-state index contributed by atoms with van der Waals surface area (Å²) in [5.74, 6) is -0.0740. The van der Waals surface area contributed by atoms with E-state index in [9.17, 15) is 14.9 Å². The molecule has 1 aliphatic carbocycles. The van der Waals surface area contributed by atoms with E-state index in [1.165, 1.54) is 17.4 Å². The van der Waals surface area contributed by atoms with Crippen LogP contribution in [0.4, 0.5) is 9.80 Å². The Morgan fingerprint density at radius 1 is 1.42 bits per heavy atom. The lowest BCUT2D eigenvalue weighted by molar-refractivity contribution is -0.111. The highest BCUT2D eigenvalue weighted by Gasteiger charge is 2.27. The molecule has 3 aromatic heterocycles. The van der Waals surface area contributed by atoms with E-state index in [1.54, 1.807) is 29.9 Å². The Bertz CT molecular complexity index is 1160. The number of thiophene rings is 2. The predicted molar refractivity (Wildman–Crippen MR) is 128 cm³/mol. The first-order valence-electron chi connectivity index (χ1n) is 10.6. The summed E-state index contributed by atoms with van der Waals surface area (Å²) < 4.78 is 7.27. The summed E-state index contributed by atoms with van der Waals surface area (Å²) in [7, 11) is 0. The minimum Gasteiger partial charge on any atom is -0.449 e. The van der Waals surface area contributed by atoms with Gasteiger partial charge in [0.1, 0.15) is 11.1 Å². The van der Waals surface area contributed by atoms with Gasteiger partial charge in [0, 0.05) is 41.3 Å². The van der Waals surface area contributed by atoms with Crippen molar-refractivity contribution in [2.75, 3.05) is 18.5 Å². The molecule has 170 valence electrons. The predicted octanol–water partition coefficient (Wildman–Crippen LogP) is 4.06. The number of fused-ring (bicyclic) bond motifs is 1. The summed E-state index contributed by atoms with van der Waals surface area (Å²) >= 11 is 2.99. The van der Waals surface area contributed by atoms with E-state index in [0.29, 0.717) is 30.3 Å². The number of nitriles is 1. The zero-order valence-corrected chi connectivity index (χ0v) is 19.5. The quantitative estimate of drug-likeness (QED) is 0.472. The molecular formula is C23H23N5O3S2. The van der Waals surface area contributed by atoms with Crippen LogP contribution in [0.5, 0.6) is 0 Å². The number of nitrogens with one attached hydrogen (secondary N) is 2. The number of hydrogen-bond acceptors (Lipinski definition) is 7. The average Bonchev–Trinajstić information content (AvgIpc) is 3.57. The van der Waals surface area contributed by atoms with Crippen molar-refractivity contribution >= 4 is 45.8 Å². The highest BCUT2D eigenvalue weighted by molar-refractivity contribution is 7.16. The Hall–Kier alpha value is -3.42. The van der Waals surface area contributed by atoms with Gasteiger partial charge in [0.05, 0.1) is 18.5 Å². The first kappa shape index (κ1) is 22.8. The van der Waals surface area contributed by atoms with Gasteiger partial charge in [0.25, 0.3) is 0 Å². The molecule has 0 saturated carbocycles. The number of hydrogen-bond donors (Lipinski definition) is 2. The number of imidazole rings is 1. The van der Waals surface area contributed by atoms with Crippen molar-refractivity contribution in [2.45, 2.75) is 25.8 Å². The lowest BCUT2D eigenvalue weighted by atomic mass is 9.88. The second-order valence-electron chi connectivity index (χ2n) is 7.59. The molecule has 8 nitrogen and oxygen atoms in total. The molecule has 1 unspecified atom stereocenters. The van der Waals surface area contributed by atoms with Crippen molar-refractivity contribution in [3.8, 4) is 6.07 Å². The highest BCUT2D eigenvalue weighted by atomic mass is 32.1. The van der Waals surface area contributed by atoms with Gasteiger partial charge in [-0.15, -0.1) is 22.7 Å². The first-order valence-corrected chi connectivity index (χ1v) is 12.3. The molecule has 0 bridgehead atoms. The number of nitrogens with zero attached hydrogens (tertiary/aromatic N) is 3. The van der Waals surface area contributed by atoms with Crippen molar-refractivity contribution < 1.29 is 14.3 Å². The highest BCUT2D eigenvalue weighted by Crippen LogP contribution is 2.39. The van der Waals surface area contributed by atoms with Crippen LogP contribution >= 0.6 is 22.7 Å². The van der Waals surface area contributed by atoms with Gasteiger partial charge >= 0.3 is 6.09 Å². The molecule has 0 aliphatic heterocycles. The topological polar surface area (TPSA) is 109 Å². The zero-order valence-electron chi connectivity index (χ0n) is 17.8. The van der Waals surface area contributed by atoms with E-state index >= 15 is 0 Å². The first-order chi connectivity index (χ1) is 16.1. The van der Waals surface area contributed by atoms with Crippen LogP contribution in [0, 0.1) is 17.2 Å². The van der Waals surface area contributed by atoms with Crippen molar-refractivity contribution in [3.05, 3.63) is 63.2 Å². The van der Waals surface area contributed by atoms with Gasteiger partial charge in [-0.2, -0.15) is 5.26 Å². The Labute approximate surface area is 199 Å². The van der Waals surface area contributed by atoms with Crippen molar-refractivity contribution in [1.82, 2.24) is 14.9 Å². The molecule has 0 radical (unpaired) electrons. The lowest BCUT2D eigenvalue weighted by Crippen LogP contribution is -2.30. The van der Waals surface area contributed by atoms with Gasteiger partial charge in [-0.25, -0.2) is 9.78 Å². The fourth-order valence-corrected chi connectivity index (χ4v) is 5.58. The monoisotopic (exact) mass is 481 g/mol. The van der Waals surface area contributed by atoms with E-state index in [-0.39, 0.29) is 11.8 Å². The number of anilines is 1. The summed E-state index contributed by atoms with van der Waals surface area (Å²) in [6.07, 6.45) is 10.3. The summed E-state index contributed by atoms with van der Waals surface area (Å²) in [5, 5.41) is 17.8. The minimum absolute atomic E-state index is 0.185. The molecule has 2 N–H and O–H groups in total. The normalized spacial score (nSPS) is 15.1. The number of aromatic nitrogens is 2. The van der Waals surface area contributed by atoms with Gasteiger partial charge in [-0.05, 0) is 48.3 Å². The van der Waals surface area contributed by atoms with Gasteiger partial charge in [0.2, 0.25) is 5.91 Å². The van der Waals surface area contributed by atoms with E-state index in [1.807, 2.05) is 28.3 Å². The summed E-state index contributed by atoms with van der Waals surface area (Å²) in [4.78, 5) is 30.3. The molecule has 1 aliphatic rings. The maximum atomic E-state index is 12.3. The molecule has 1 atom stereocenters. The van der Waals surface area contributed by atoms with Crippen LogP contribution < -0.4 is 10.6 Å². The second kappa shape index (κ2) is 10.9. The summed E-state index contributed by atoms with van der Waals surface area (Å²) in [6.45, 7) is 1.41. The molecule has 0 spiro atoms. The van der Waals surface area contributed by atoms with Crippen LogP contribution in [-0.4, -0.2) is 34.7 Å². The maximum absolute atomic E-state index is 12.3. The third-order valence-electron chi connectivity index (χ3n) is 5.31. The van der Waals surface area contributed by atoms with Crippen LogP contribution in [-0.2, 0) is 28.9 Å². The largest absolute Gasteiger partial charge is 0.449 e. The third-order valence-corrected chi connectivity index (χ3v) is 7.31. The average molecular weight is 482 g/mol. The van der Waals surface area contributed by atoms with Crippen molar-refractivity contribution in [2.24, 2.45) is 5.92 Å². The SMILES string of the molecule is N#Cc1c(NC(=O)/C=C/c2cccs2)sc2c1CCC(COC(=O)NCCn1ccnc1)C2. The molecule has 0 aromatic carbocycles. The standard InChI is InChI=1S/C23H23N5O3S2/c24-13-19-18-5-3-16(14-31-23(30)26-8-10-28-9-7-25-15-28)12-20(18)33-22(19)27-21(29)6-4-17-2-1-11-32-17/h1-2,4,6-7,9,11,15-16H,3,5,8,10,12,14H2,(H,26,30)(H,27,29)/b6-4+. The molecular weight excluding hydrogens is 458 g/mol. The van der Waals surface area contributed by atoms with E-state index in [2.05, 4.69) is 21.7 Å². The van der Waals surface area contributed by atoms with Crippen LogP contribution in [0.1, 0.15) is 27.3 Å². The van der Waals surface area contributed by atoms with Crippen LogP contribution in [0.3, 0.4) is 0 Å². The van der Waals surface area contributed by atoms with Gasteiger partial charge in [-0.1, -0.05) is 6.07 Å². The van der Waals surface area contributed by atoms with Gasteiger partial charge in [0.15, 0.2) is 0 Å². The Morgan fingerprint density at radius 3 is 3.09 bits per heavy atom. The number of amides is 2. The summed E-state index contributed by atoms with van der Waals surface area (Å²) in [6, 6.07) is 6.11. The van der Waals surface area contributed by atoms with Crippen molar-refractivity contribution in [3.63, 3.8) is 0 Å². The third kappa shape index (κ3) is 6.09. The van der Waals surface area contributed by atoms with Gasteiger partial charge in [-0.3, -0.25) is 4.79 Å². The van der Waals surface area contributed by atoms with Crippen LogP contribution in [0.25, 0.3) is 6.08 Å². The summed E-state index contributed by atoms with van der Waals surface area (Å²) in [5.41, 5.74) is 1.55. The van der Waals surface area contributed by atoms with E-state index in [4.69, 9.17) is 4.74 Å². The Kier molecular flexibility index (Phi) is 7.55. The maximum Gasteiger partial charge on any atom is 0.407 e. The lowest BCUT2D eigenvalue weighted by Gasteiger charge is -2.21. The van der Waals surface area contributed by atoms with Crippen molar-refractivity contribution in [1.29, 1.82) is 5.26 Å². The number of ether oxygens (including phenoxy) is 1. The van der Waals surface area contributed by atoms with Gasteiger partial charge < -0.3 is 19.9 Å². The second-order valence-corrected chi connectivity index (χ2v) is 9.68. The van der Waals surface area contributed by atoms with E-state index in [0.717, 1.165) is 34.6 Å². The molecule has 0 saturated heterocycles. The number of alkyl carbamates (subject to hydrolysis) is 1. The smallest absolute Gasteiger partial charge is 0.407 e. The molecule has 10 heteroatoms. The zero-order chi connectivity index (χ0) is 23.0. The fraction of sp³-hybridized carbons (Fsp3) is 0.304. The molecule has 0 fully saturated rings. The molecule has 2 amide bonds. The Morgan fingerprint density at radius 2 is 2.33 bits per heavy atom. The number of carbonyl (C=O) groups is 2. The molecule has 33 heavy (non-hydrogen) atoms. The Balaban J connectivity index is 1.28. The van der Waals surface area contributed by atoms with Crippen LogP contribution in [0.15, 0.2) is 42.3 Å². The fourth-order valence-electron chi connectivity index (χ4n) is 3.65. The number of rotatable bonds is 8. The minimum atomic E-state index is -0.435. The molecule has 3 aromatic rings.